The second kappa shape index (κ2) is 7.46. The molecule has 8 heteroatoms. The summed E-state index contributed by atoms with van der Waals surface area (Å²) in [4.78, 5) is 21.5. The first kappa shape index (κ1) is 17.0. The van der Waals surface area contributed by atoms with Crippen molar-refractivity contribution in [2.45, 2.75) is 6.42 Å². The number of hydrogen-bond donors (Lipinski definition) is 1. The molecule has 134 valence electrons. The first-order valence-electron chi connectivity index (χ1n) is 8.05. The highest BCUT2D eigenvalue weighted by atomic mass is 32.1. The van der Waals surface area contributed by atoms with Gasteiger partial charge in [-0.05, 0) is 41.8 Å². The molecule has 0 atom stereocenters. The van der Waals surface area contributed by atoms with Gasteiger partial charge < -0.3 is 4.52 Å². The van der Waals surface area contributed by atoms with Crippen LogP contribution in [0.1, 0.15) is 4.88 Å². The molecule has 0 unspecified atom stereocenters. The number of carbonyl (C=O) groups excluding carboxylic acids is 1. The summed E-state index contributed by atoms with van der Waals surface area (Å²) in [5, 5.41) is 8.74. The molecule has 27 heavy (non-hydrogen) atoms. The fourth-order valence-corrected chi connectivity index (χ4v) is 3.30. The minimum Gasteiger partial charge on any atom is -0.337 e. The summed E-state index contributed by atoms with van der Waals surface area (Å²) in [5.41, 5.74) is 2.16. The molecule has 4 rings (SSSR count). The van der Waals surface area contributed by atoms with Gasteiger partial charge in [0.15, 0.2) is 0 Å². The monoisotopic (exact) mass is 380 g/mol. The van der Waals surface area contributed by atoms with Crippen molar-refractivity contribution in [2.24, 2.45) is 0 Å². The van der Waals surface area contributed by atoms with Crippen LogP contribution in [-0.2, 0) is 11.2 Å². The molecule has 0 aliphatic rings. The number of nitrogens with zero attached hydrogens (tertiary/aromatic N) is 3. The average Bonchev–Trinajstić information content (AvgIpc) is 3.33. The van der Waals surface area contributed by atoms with Crippen LogP contribution in [0.5, 0.6) is 0 Å². The van der Waals surface area contributed by atoms with Gasteiger partial charge in [-0.3, -0.25) is 10.1 Å². The van der Waals surface area contributed by atoms with Crippen molar-refractivity contribution in [1.82, 2.24) is 15.1 Å². The Morgan fingerprint density at radius 1 is 1.19 bits per heavy atom. The number of thiophene rings is 1. The summed E-state index contributed by atoms with van der Waals surface area (Å²) >= 11 is 1.50. The first-order valence-corrected chi connectivity index (χ1v) is 8.93. The van der Waals surface area contributed by atoms with E-state index >= 15 is 0 Å². The van der Waals surface area contributed by atoms with E-state index in [9.17, 15) is 9.18 Å². The van der Waals surface area contributed by atoms with Crippen LogP contribution in [0, 0.1) is 5.82 Å². The van der Waals surface area contributed by atoms with Crippen LogP contribution in [0.3, 0.4) is 0 Å². The van der Waals surface area contributed by atoms with Crippen molar-refractivity contribution in [3.63, 3.8) is 0 Å². The number of hydrogen-bond acceptors (Lipinski definition) is 6. The molecule has 0 saturated carbocycles. The summed E-state index contributed by atoms with van der Waals surface area (Å²) in [6, 6.07) is 11.3. The van der Waals surface area contributed by atoms with E-state index in [2.05, 4.69) is 20.4 Å². The van der Waals surface area contributed by atoms with Crippen LogP contribution < -0.4 is 5.32 Å². The number of benzene rings is 1. The lowest BCUT2D eigenvalue weighted by atomic mass is 10.0. The Labute approximate surface area is 157 Å². The first-order chi connectivity index (χ1) is 13.2. The maximum atomic E-state index is 13.3. The van der Waals surface area contributed by atoms with E-state index < -0.39 is 0 Å². The Morgan fingerprint density at radius 2 is 2.04 bits per heavy atom. The molecule has 1 N–H and O–H groups in total. The van der Waals surface area contributed by atoms with E-state index in [0.717, 1.165) is 4.88 Å². The van der Waals surface area contributed by atoms with Crippen LogP contribution in [-0.4, -0.2) is 21.0 Å². The predicted octanol–water partition coefficient (Wildman–Crippen LogP) is 4.18. The number of rotatable bonds is 5. The van der Waals surface area contributed by atoms with Crippen LogP contribution >= 0.6 is 11.3 Å². The maximum absolute atomic E-state index is 13.3. The van der Waals surface area contributed by atoms with Gasteiger partial charge in [0.1, 0.15) is 17.8 Å². The molecule has 0 spiro atoms. The highest BCUT2D eigenvalue weighted by Crippen LogP contribution is 2.36. The second-order valence-corrected chi connectivity index (χ2v) is 6.67. The summed E-state index contributed by atoms with van der Waals surface area (Å²) in [6.07, 6.45) is 3.21. The Bertz CT molecular complexity index is 1050. The SMILES string of the molecule is O=C(Cc1cccs1)Nc1onc(-c2ccc(F)cc2)c1-c1ccncn1. The minimum atomic E-state index is -0.352. The van der Waals surface area contributed by atoms with E-state index in [0.29, 0.717) is 22.5 Å². The lowest BCUT2D eigenvalue weighted by Gasteiger charge is -2.05. The summed E-state index contributed by atoms with van der Waals surface area (Å²) in [5.74, 6) is -0.389. The third kappa shape index (κ3) is 3.75. The van der Waals surface area contributed by atoms with Crippen LogP contribution in [0.4, 0.5) is 10.3 Å². The predicted molar refractivity (Wildman–Crippen MR) is 99.6 cm³/mol. The Kier molecular flexibility index (Phi) is 4.71. The molecule has 0 saturated heterocycles. The third-order valence-corrected chi connectivity index (χ3v) is 4.69. The fourth-order valence-electron chi connectivity index (χ4n) is 2.60. The van der Waals surface area contributed by atoms with Crippen LogP contribution in [0.25, 0.3) is 22.5 Å². The normalized spacial score (nSPS) is 10.7. The zero-order chi connectivity index (χ0) is 18.6. The number of aromatic nitrogens is 3. The van der Waals surface area contributed by atoms with Gasteiger partial charge in [-0.1, -0.05) is 11.2 Å². The number of carbonyl (C=O) groups is 1. The minimum absolute atomic E-state index is 0.189. The molecule has 4 aromatic rings. The van der Waals surface area contributed by atoms with Crippen molar-refractivity contribution in [3.8, 4) is 22.5 Å². The molecule has 0 radical (unpaired) electrons. The highest BCUT2D eigenvalue weighted by molar-refractivity contribution is 7.10. The quantitative estimate of drug-likeness (QED) is 0.562. The van der Waals surface area contributed by atoms with Gasteiger partial charge >= 0.3 is 0 Å². The summed E-state index contributed by atoms with van der Waals surface area (Å²) in [6.45, 7) is 0. The highest BCUT2D eigenvalue weighted by Gasteiger charge is 2.22. The molecule has 1 aromatic carbocycles. The largest absolute Gasteiger partial charge is 0.337 e. The van der Waals surface area contributed by atoms with Crippen molar-refractivity contribution in [3.05, 3.63) is 71.1 Å². The van der Waals surface area contributed by atoms with Gasteiger partial charge in [-0.2, -0.15) is 0 Å². The molecule has 0 aliphatic heterocycles. The topological polar surface area (TPSA) is 80.9 Å². The van der Waals surface area contributed by atoms with E-state index in [-0.39, 0.29) is 24.0 Å². The van der Waals surface area contributed by atoms with E-state index in [1.807, 2.05) is 17.5 Å². The Hall–Kier alpha value is -3.39. The molecule has 0 fully saturated rings. The zero-order valence-electron chi connectivity index (χ0n) is 13.9. The fraction of sp³-hybridized carbons (Fsp3) is 0.0526. The van der Waals surface area contributed by atoms with E-state index in [4.69, 9.17) is 4.52 Å². The molecule has 0 aliphatic carbocycles. The smallest absolute Gasteiger partial charge is 0.241 e. The molecule has 3 aromatic heterocycles. The number of nitrogens with one attached hydrogen (secondary N) is 1. The van der Waals surface area contributed by atoms with Gasteiger partial charge in [-0.15, -0.1) is 11.3 Å². The molecule has 1 amide bonds. The number of anilines is 1. The Morgan fingerprint density at radius 3 is 2.74 bits per heavy atom. The maximum Gasteiger partial charge on any atom is 0.241 e. The molecular formula is C19H13FN4O2S. The number of halogens is 1. The summed E-state index contributed by atoms with van der Waals surface area (Å²) < 4.78 is 18.7. The third-order valence-electron chi connectivity index (χ3n) is 3.82. The van der Waals surface area contributed by atoms with E-state index in [1.54, 1.807) is 24.4 Å². The van der Waals surface area contributed by atoms with Crippen LogP contribution in [0.2, 0.25) is 0 Å². The van der Waals surface area contributed by atoms with Crippen molar-refractivity contribution >= 4 is 23.1 Å². The second-order valence-electron chi connectivity index (χ2n) is 5.64. The molecule has 3 heterocycles. The van der Waals surface area contributed by atoms with Crippen molar-refractivity contribution < 1.29 is 13.7 Å². The van der Waals surface area contributed by atoms with Gasteiger partial charge in [0.25, 0.3) is 0 Å². The molecule has 0 bridgehead atoms. The zero-order valence-corrected chi connectivity index (χ0v) is 14.7. The summed E-state index contributed by atoms with van der Waals surface area (Å²) in [7, 11) is 0. The standard InChI is InChI=1S/C19H13FN4O2S/c20-13-5-3-12(4-6-13)18-17(15-7-8-21-11-22-15)19(26-24-18)23-16(25)10-14-2-1-9-27-14/h1-9,11H,10H2,(H,23,25). The van der Waals surface area contributed by atoms with Gasteiger partial charge in [0, 0.05) is 16.6 Å². The molecular weight excluding hydrogens is 367 g/mol. The number of amides is 1. The van der Waals surface area contributed by atoms with Gasteiger partial charge in [-0.25, -0.2) is 14.4 Å². The van der Waals surface area contributed by atoms with Crippen LogP contribution in [0.15, 0.2) is 64.9 Å². The van der Waals surface area contributed by atoms with E-state index in [1.165, 1.54) is 29.8 Å². The average molecular weight is 380 g/mol. The lowest BCUT2D eigenvalue weighted by Crippen LogP contribution is -2.13. The lowest BCUT2D eigenvalue weighted by molar-refractivity contribution is -0.115. The van der Waals surface area contributed by atoms with Crippen molar-refractivity contribution in [1.29, 1.82) is 0 Å². The molecule has 6 nitrogen and oxygen atoms in total. The van der Waals surface area contributed by atoms with Gasteiger partial charge in [0.05, 0.1) is 17.7 Å². The Balaban J connectivity index is 1.71. The van der Waals surface area contributed by atoms with Gasteiger partial charge in [0.2, 0.25) is 11.8 Å². The van der Waals surface area contributed by atoms with Crippen molar-refractivity contribution in [2.75, 3.05) is 5.32 Å².